The Labute approximate surface area is 194 Å². The maximum Gasteiger partial charge on any atom is 0.415 e. The minimum absolute atomic E-state index is 0.0155. The van der Waals surface area contributed by atoms with E-state index in [2.05, 4.69) is 28.1 Å². The summed E-state index contributed by atoms with van der Waals surface area (Å²) in [6.45, 7) is 5.86. The molecule has 2 aromatic rings. The van der Waals surface area contributed by atoms with Crippen LogP contribution < -0.4 is 9.80 Å². The van der Waals surface area contributed by atoms with E-state index in [9.17, 15) is 9.59 Å². The normalized spacial score (nSPS) is 20.9. The fourth-order valence-electron chi connectivity index (χ4n) is 5.09. The number of nitrogens with zero attached hydrogens (tertiary/aromatic N) is 4. The third-order valence-corrected chi connectivity index (χ3v) is 7.39. The summed E-state index contributed by atoms with van der Waals surface area (Å²) in [7, 11) is 0. The highest BCUT2D eigenvalue weighted by atomic mass is 16.6. The average molecular weight is 447 g/mol. The van der Waals surface area contributed by atoms with Crippen molar-refractivity contribution in [2.45, 2.75) is 44.4 Å². The molecule has 4 aliphatic rings. The van der Waals surface area contributed by atoms with Gasteiger partial charge in [-0.15, -0.1) is 0 Å². The number of aryl methyl sites for hydroxylation is 1. The van der Waals surface area contributed by atoms with E-state index in [-0.39, 0.29) is 12.0 Å². The van der Waals surface area contributed by atoms with Gasteiger partial charge in [-0.25, -0.2) is 9.78 Å². The number of pyridine rings is 1. The Morgan fingerprint density at radius 3 is 2.39 bits per heavy atom. The molecule has 2 amide bonds. The molecule has 7 heteroatoms. The summed E-state index contributed by atoms with van der Waals surface area (Å²) in [6.07, 6.45) is 6.50. The van der Waals surface area contributed by atoms with Gasteiger partial charge in [0.2, 0.25) is 0 Å². The number of aromatic nitrogens is 1. The van der Waals surface area contributed by atoms with Crippen LogP contribution in [0.15, 0.2) is 30.5 Å². The zero-order valence-corrected chi connectivity index (χ0v) is 19.1. The number of carbonyl (C=O) groups excluding carboxylic acids is 2. The number of piperazine rings is 1. The Kier molecular flexibility index (Phi) is 5.00. The highest BCUT2D eigenvalue weighted by Gasteiger charge is 2.32. The van der Waals surface area contributed by atoms with Crippen molar-refractivity contribution in [1.29, 1.82) is 0 Å². The predicted molar refractivity (Wildman–Crippen MR) is 126 cm³/mol. The molecule has 0 bridgehead atoms. The van der Waals surface area contributed by atoms with Crippen LogP contribution >= 0.6 is 0 Å². The Morgan fingerprint density at radius 1 is 1.00 bits per heavy atom. The summed E-state index contributed by atoms with van der Waals surface area (Å²) in [5, 5.41) is 0. The van der Waals surface area contributed by atoms with E-state index in [0.717, 1.165) is 30.5 Å². The van der Waals surface area contributed by atoms with Gasteiger partial charge in [0.25, 0.3) is 5.91 Å². The summed E-state index contributed by atoms with van der Waals surface area (Å²) < 4.78 is 4.99. The molecule has 0 spiro atoms. The first-order valence-electron chi connectivity index (χ1n) is 12.2. The third-order valence-electron chi connectivity index (χ3n) is 7.39. The van der Waals surface area contributed by atoms with E-state index >= 15 is 0 Å². The number of ether oxygens (including phenoxy) is 1. The molecule has 0 N–H and O–H groups in total. The van der Waals surface area contributed by atoms with Crippen LogP contribution in [0.3, 0.4) is 0 Å². The van der Waals surface area contributed by atoms with Crippen molar-refractivity contribution in [3.8, 4) is 0 Å². The first-order chi connectivity index (χ1) is 16.1. The smallest absolute Gasteiger partial charge is 0.415 e. The van der Waals surface area contributed by atoms with Gasteiger partial charge in [0, 0.05) is 38.1 Å². The molecule has 7 nitrogen and oxygen atoms in total. The molecule has 0 atom stereocenters. The van der Waals surface area contributed by atoms with E-state index < -0.39 is 0 Å². The molecule has 2 saturated heterocycles. The largest absolute Gasteiger partial charge is 0.447 e. The summed E-state index contributed by atoms with van der Waals surface area (Å²) >= 11 is 0. The second-order valence-electron chi connectivity index (χ2n) is 9.77. The lowest BCUT2D eigenvalue weighted by molar-refractivity contribution is 0.0745. The molecule has 6 rings (SSSR count). The molecule has 172 valence electrons. The van der Waals surface area contributed by atoms with Crippen molar-refractivity contribution in [3.63, 3.8) is 0 Å². The Balaban J connectivity index is 1.14. The molecule has 2 aliphatic heterocycles. The lowest BCUT2D eigenvalue weighted by Gasteiger charge is -2.37. The Morgan fingerprint density at radius 2 is 1.76 bits per heavy atom. The highest BCUT2D eigenvalue weighted by molar-refractivity contribution is 5.96. The van der Waals surface area contributed by atoms with E-state index in [4.69, 9.17) is 4.74 Å². The molecule has 3 heterocycles. The SMILES string of the molecule is Cc1cc(N2CCOC2=O)ncc1C(=O)N1CCN(c2ccc(C3CC3)cc2C2CC2)CC1. The fourth-order valence-corrected chi connectivity index (χ4v) is 5.09. The second kappa shape index (κ2) is 8.04. The predicted octanol–water partition coefficient (Wildman–Crippen LogP) is 4.06. The van der Waals surface area contributed by atoms with E-state index in [1.54, 1.807) is 12.3 Å². The second-order valence-corrected chi connectivity index (χ2v) is 9.77. The van der Waals surface area contributed by atoms with Gasteiger partial charge in [-0.1, -0.05) is 12.1 Å². The summed E-state index contributed by atoms with van der Waals surface area (Å²) in [5.41, 5.74) is 5.85. The van der Waals surface area contributed by atoms with Crippen molar-refractivity contribution in [2.24, 2.45) is 0 Å². The van der Waals surface area contributed by atoms with E-state index in [1.807, 2.05) is 11.8 Å². The molecule has 0 unspecified atom stereocenters. The molecule has 4 fully saturated rings. The van der Waals surface area contributed by atoms with Crippen molar-refractivity contribution in [3.05, 3.63) is 52.7 Å². The number of hydrogen-bond acceptors (Lipinski definition) is 5. The number of benzene rings is 1. The Bertz CT molecular complexity index is 1100. The lowest BCUT2D eigenvalue weighted by atomic mass is 10.0. The summed E-state index contributed by atoms with van der Waals surface area (Å²) in [5.74, 6) is 2.06. The van der Waals surface area contributed by atoms with E-state index in [1.165, 1.54) is 47.4 Å². The first-order valence-corrected chi connectivity index (χ1v) is 12.2. The minimum atomic E-state index is -0.382. The van der Waals surface area contributed by atoms with Crippen LogP contribution in [0, 0.1) is 6.92 Å². The maximum atomic E-state index is 13.2. The highest BCUT2D eigenvalue weighted by Crippen LogP contribution is 2.48. The molecular weight excluding hydrogens is 416 g/mol. The molecule has 1 aromatic carbocycles. The van der Waals surface area contributed by atoms with Gasteiger partial charge in [0.15, 0.2) is 0 Å². The van der Waals surface area contributed by atoms with Gasteiger partial charge in [0.05, 0.1) is 12.1 Å². The fraction of sp³-hybridized carbons (Fsp3) is 0.500. The van der Waals surface area contributed by atoms with Gasteiger partial charge in [-0.2, -0.15) is 0 Å². The van der Waals surface area contributed by atoms with Crippen LogP contribution in [0.25, 0.3) is 0 Å². The van der Waals surface area contributed by atoms with E-state index in [0.29, 0.717) is 37.6 Å². The monoisotopic (exact) mass is 446 g/mol. The van der Waals surface area contributed by atoms with Gasteiger partial charge in [-0.05, 0) is 73.3 Å². The van der Waals surface area contributed by atoms with Gasteiger partial charge in [0.1, 0.15) is 12.4 Å². The average Bonchev–Trinajstić information content (AvgIpc) is 3.76. The number of cyclic esters (lactones) is 1. The van der Waals surface area contributed by atoms with Crippen LogP contribution in [0.4, 0.5) is 16.3 Å². The van der Waals surface area contributed by atoms with Crippen LogP contribution in [0.2, 0.25) is 0 Å². The Hall–Kier alpha value is -3.09. The summed E-state index contributed by atoms with van der Waals surface area (Å²) in [6, 6.07) is 8.92. The number of hydrogen-bond donors (Lipinski definition) is 0. The molecule has 1 aromatic heterocycles. The zero-order valence-electron chi connectivity index (χ0n) is 19.1. The number of amides is 2. The van der Waals surface area contributed by atoms with Crippen molar-refractivity contribution >= 4 is 23.5 Å². The summed E-state index contributed by atoms with van der Waals surface area (Å²) in [4.78, 5) is 35.3. The van der Waals surface area contributed by atoms with Crippen molar-refractivity contribution in [1.82, 2.24) is 9.88 Å². The molecule has 0 radical (unpaired) electrons. The maximum absolute atomic E-state index is 13.2. The lowest BCUT2D eigenvalue weighted by Crippen LogP contribution is -2.49. The molecule has 2 saturated carbocycles. The minimum Gasteiger partial charge on any atom is -0.447 e. The molecule has 2 aliphatic carbocycles. The topological polar surface area (TPSA) is 66.0 Å². The number of anilines is 2. The standard InChI is InChI=1S/C26H30N4O3/c1-17-14-24(30-12-13-33-26(30)32)27-16-22(17)25(31)29-10-8-28(9-11-29)23-7-6-20(18-2-3-18)15-21(23)19-4-5-19/h6-7,14-16,18-19H,2-5,8-13H2,1H3. The van der Waals surface area contributed by atoms with Gasteiger partial charge < -0.3 is 14.5 Å². The van der Waals surface area contributed by atoms with Crippen molar-refractivity contribution in [2.75, 3.05) is 49.1 Å². The number of rotatable bonds is 5. The van der Waals surface area contributed by atoms with Gasteiger partial charge >= 0.3 is 6.09 Å². The van der Waals surface area contributed by atoms with Crippen LogP contribution in [0.1, 0.15) is 64.6 Å². The quantitative estimate of drug-likeness (QED) is 0.693. The van der Waals surface area contributed by atoms with Crippen LogP contribution in [-0.2, 0) is 4.74 Å². The first kappa shape index (κ1) is 20.5. The third kappa shape index (κ3) is 3.94. The number of carbonyl (C=O) groups is 2. The van der Waals surface area contributed by atoms with Crippen LogP contribution in [-0.4, -0.2) is 61.2 Å². The van der Waals surface area contributed by atoms with Crippen LogP contribution in [0.5, 0.6) is 0 Å². The molecule has 33 heavy (non-hydrogen) atoms. The zero-order chi connectivity index (χ0) is 22.5. The van der Waals surface area contributed by atoms with Crippen molar-refractivity contribution < 1.29 is 14.3 Å². The van der Waals surface area contributed by atoms with Gasteiger partial charge in [-0.3, -0.25) is 9.69 Å². The molecular formula is C26H30N4O3.